The number of aromatic nitrogens is 2. The van der Waals surface area contributed by atoms with E-state index >= 15 is 0 Å². The number of imidazole rings is 1. The third-order valence-corrected chi connectivity index (χ3v) is 3.31. The number of amides is 1. The lowest BCUT2D eigenvalue weighted by Crippen LogP contribution is -2.45. The van der Waals surface area contributed by atoms with Crippen molar-refractivity contribution in [2.75, 3.05) is 0 Å². The zero-order valence-electron chi connectivity index (χ0n) is 14.1. The monoisotopic (exact) mass is 319 g/mol. The number of nitrogens with zero attached hydrogens (tertiary/aromatic N) is 2. The molecule has 1 amide bonds. The molecule has 6 heteroatoms. The van der Waals surface area contributed by atoms with Gasteiger partial charge in [-0.15, -0.1) is 0 Å². The minimum Gasteiger partial charge on any atom is -0.340 e. The summed E-state index contributed by atoms with van der Waals surface area (Å²) in [7, 11) is 0. The summed E-state index contributed by atoms with van der Waals surface area (Å²) in [5.41, 5.74) is 0.0414. The van der Waals surface area contributed by atoms with Crippen LogP contribution in [0, 0.1) is 5.82 Å². The summed E-state index contributed by atoms with van der Waals surface area (Å²) in [6, 6.07) is 6.23. The van der Waals surface area contributed by atoms with E-state index in [1.165, 1.54) is 17.2 Å². The molecule has 5 nitrogen and oxygen atoms in total. The van der Waals surface area contributed by atoms with Crippen molar-refractivity contribution in [3.05, 3.63) is 42.1 Å². The Balaban J connectivity index is 2.32. The van der Waals surface area contributed by atoms with Gasteiger partial charge >= 0.3 is 0 Å². The Bertz CT molecular complexity index is 689. The van der Waals surface area contributed by atoms with Crippen LogP contribution in [-0.4, -0.2) is 27.0 Å². The van der Waals surface area contributed by atoms with E-state index in [9.17, 15) is 9.18 Å². The van der Waals surface area contributed by atoms with Crippen LogP contribution in [0.5, 0.6) is 0 Å². The molecule has 0 spiro atoms. The van der Waals surface area contributed by atoms with Gasteiger partial charge < -0.3 is 4.98 Å². The lowest BCUT2D eigenvalue weighted by Gasteiger charge is -2.37. The topological polar surface area (TPSA) is 58.2 Å². The molecule has 0 unspecified atom stereocenters. The molecule has 0 fully saturated rings. The van der Waals surface area contributed by atoms with E-state index in [0.717, 1.165) is 0 Å². The number of halogens is 1. The number of hydrogen-bond donors (Lipinski definition) is 1. The first-order valence-electron chi connectivity index (χ1n) is 7.39. The second kappa shape index (κ2) is 6.12. The Morgan fingerprint density at radius 1 is 1.26 bits per heavy atom. The number of aromatic amines is 1. The highest BCUT2D eigenvalue weighted by Crippen LogP contribution is 2.29. The summed E-state index contributed by atoms with van der Waals surface area (Å²) < 4.78 is 13.4. The predicted octanol–water partition coefficient (Wildman–Crippen LogP) is 3.64. The van der Waals surface area contributed by atoms with Gasteiger partial charge in [-0.2, -0.15) is 0 Å². The van der Waals surface area contributed by atoms with Crippen molar-refractivity contribution in [1.82, 2.24) is 15.0 Å². The molecule has 2 rings (SSSR count). The molecule has 1 aromatic heterocycles. The molecule has 0 aliphatic rings. The van der Waals surface area contributed by atoms with Crippen LogP contribution in [0.15, 0.2) is 30.5 Å². The molecular formula is C17H22FN3O2. The van der Waals surface area contributed by atoms with Crippen LogP contribution in [0.25, 0.3) is 11.3 Å². The van der Waals surface area contributed by atoms with E-state index < -0.39 is 11.1 Å². The highest BCUT2D eigenvalue weighted by Gasteiger charge is 2.34. The van der Waals surface area contributed by atoms with E-state index in [2.05, 4.69) is 9.97 Å². The molecule has 0 radical (unpaired) electrons. The zero-order valence-corrected chi connectivity index (χ0v) is 14.1. The summed E-state index contributed by atoms with van der Waals surface area (Å²) in [5.74, 6) is 0.233. The fourth-order valence-corrected chi connectivity index (χ4v) is 2.10. The normalized spacial score (nSPS) is 12.3. The quantitative estimate of drug-likeness (QED) is 0.676. The first-order chi connectivity index (χ1) is 10.6. The van der Waals surface area contributed by atoms with Crippen molar-refractivity contribution in [3.8, 4) is 11.3 Å². The van der Waals surface area contributed by atoms with Gasteiger partial charge in [0.1, 0.15) is 17.2 Å². The maximum atomic E-state index is 13.4. The number of hydrogen-bond acceptors (Lipinski definition) is 3. The lowest BCUT2D eigenvalue weighted by atomic mass is 10.0. The van der Waals surface area contributed by atoms with Crippen molar-refractivity contribution in [1.29, 1.82) is 0 Å². The summed E-state index contributed by atoms with van der Waals surface area (Å²) in [4.78, 5) is 24.6. The van der Waals surface area contributed by atoms with Gasteiger partial charge in [0.25, 0.3) is 0 Å². The summed E-state index contributed by atoms with van der Waals surface area (Å²) >= 11 is 0. The van der Waals surface area contributed by atoms with E-state index in [-0.39, 0.29) is 5.82 Å². The Kier molecular flexibility index (Phi) is 4.56. The van der Waals surface area contributed by atoms with Crippen LogP contribution < -0.4 is 0 Å². The molecule has 1 N–H and O–H groups in total. The third-order valence-electron chi connectivity index (χ3n) is 3.31. The van der Waals surface area contributed by atoms with E-state index in [0.29, 0.717) is 23.5 Å². The van der Waals surface area contributed by atoms with Crippen LogP contribution in [0.1, 0.15) is 40.4 Å². The summed E-state index contributed by atoms with van der Waals surface area (Å²) in [6.07, 6.45) is 2.25. The third kappa shape index (κ3) is 3.96. The highest BCUT2D eigenvalue weighted by molar-refractivity contribution is 5.58. The smallest absolute Gasteiger partial charge is 0.234 e. The van der Waals surface area contributed by atoms with Gasteiger partial charge in [-0.05, 0) is 46.8 Å². The van der Waals surface area contributed by atoms with Crippen LogP contribution >= 0.6 is 0 Å². The fraction of sp³-hybridized carbons (Fsp3) is 0.412. The SMILES string of the molecule is CC(C)(C)ON(C=O)C(C)(C)c1ncc(-c2cccc(F)c2)[nH]1. The molecule has 0 atom stereocenters. The van der Waals surface area contributed by atoms with Gasteiger partial charge in [0, 0.05) is 5.56 Å². The van der Waals surface area contributed by atoms with Crippen molar-refractivity contribution in [2.45, 2.75) is 45.8 Å². The van der Waals surface area contributed by atoms with Crippen LogP contribution in [-0.2, 0) is 15.2 Å². The molecule has 124 valence electrons. The zero-order chi connectivity index (χ0) is 17.3. The first-order valence-corrected chi connectivity index (χ1v) is 7.39. The molecular weight excluding hydrogens is 297 g/mol. The summed E-state index contributed by atoms with van der Waals surface area (Å²) in [6.45, 7) is 9.22. The predicted molar refractivity (Wildman–Crippen MR) is 85.7 cm³/mol. The molecule has 1 aromatic carbocycles. The van der Waals surface area contributed by atoms with Crippen molar-refractivity contribution < 1.29 is 14.0 Å². The number of benzene rings is 1. The molecule has 23 heavy (non-hydrogen) atoms. The maximum Gasteiger partial charge on any atom is 0.234 e. The molecule has 0 aliphatic heterocycles. The van der Waals surface area contributed by atoms with Crippen LogP contribution in [0.4, 0.5) is 4.39 Å². The minimum atomic E-state index is -0.805. The Morgan fingerprint density at radius 2 is 1.96 bits per heavy atom. The van der Waals surface area contributed by atoms with Gasteiger partial charge in [-0.1, -0.05) is 12.1 Å². The van der Waals surface area contributed by atoms with E-state index in [4.69, 9.17) is 4.84 Å². The fourth-order valence-electron chi connectivity index (χ4n) is 2.10. The molecule has 2 aromatic rings. The second-order valence-corrected chi connectivity index (χ2v) is 6.85. The van der Waals surface area contributed by atoms with Gasteiger partial charge in [0.05, 0.1) is 17.5 Å². The minimum absolute atomic E-state index is 0.316. The van der Waals surface area contributed by atoms with Gasteiger partial charge in [-0.25, -0.2) is 14.4 Å². The maximum absolute atomic E-state index is 13.4. The number of rotatable bonds is 5. The van der Waals surface area contributed by atoms with E-state index in [1.54, 1.807) is 18.3 Å². The van der Waals surface area contributed by atoms with Gasteiger partial charge in [0.2, 0.25) is 6.41 Å². The lowest BCUT2D eigenvalue weighted by molar-refractivity contribution is -0.253. The van der Waals surface area contributed by atoms with Gasteiger partial charge in [0.15, 0.2) is 0 Å². The average molecular weight is 319 g/mol. The van der Waals surface area contributed by atoms with Crippen molar-refractivity contribution >= 4 is 6.41 Å². The number of nitrogens with one attached hydrogen (secondary N) is 1. The Hall–Kier alpha value is -2.21. The molecule has 0 bridgehead atoms. The summed E-state index contributed by atoms with van der Waals surface area (Å²) in [5, 5.41) is 1.24. The van der Waals surface area contributed by atoms with Crippen LogP contribution in [0.3, 0.4) is 0 Å². The number of hydroxylamine groups is 2. The molecule has 0 saturated heterocycles. The van der Waals surface area contributed by atoms with Crippen molar-refractivity contribution in [3.63, 3.8) is 0 Å². The van der Waals surface area contributed by atoms with Crippen LogP contribution in [0.2, 0.25) is 0 Å². The number of carbonyl (C=O) groups excluding carboxylic acids is 1. The van der Waals surface area contributed by atoms with E-state index in [1.807, 2.05) is 34.6 Å². The Morgan fingerprint density at radius 3 is 2.52 bits per heavy atom. The van der Waals surface area contributed by atoms with Crippen molar-refractivity contribution in [2.24, 2.45) is 0 Å². The highest BCUT2D eigenvalue weighted by atomic mass is 19.1. The Labute approximate surface area is 135 Å². The molecule has 1 heterocycles. The first kappa shape index (κ1) is 17.1. The standard InChI is InChI=1S/C17H22FN3O2/c1-16(2,3)23-21(11-22)17(4,5)15-19-10-14(20-15)12-7-6-8-13(18)9-12/h6-11H,1-5H3,(H,19,20). The number of carbonyl (C=O) groups is 1. The largest absolute Gasteiger partial charge is 0.340 e. The molecule has 0 aliphatic carbocycles. The second-order valence-electron chi connectivity index (χ2n) is 6.85. The number of H-pyrrole nitrogens is 1. The molecule has 0 saturated carbocycles. The van der Waals surface area contributed by atoms with Gasteiger partial charge in [-0.3, -0.25) is 9.63 Å². The average Bonchev–Trinajstić information content (AvgIpc) is 2.94.